The Morgan fingerprint density at radius 3 is 2.14 bits per heavy atom. The molecular weight excluding hydrogens is 328 g/mol. The molecule has 0 aliphatic heterocycles. The zero-order valence-corrected chi connectivity index (χ0v) is 13.8. The third kappa shape index (κ3) is 6.78. The molecule has 0 saturated heterocycles. The fraction of sp³-hybridized carbons (Fsp3) is 0.333. The molecule has 0 spiro atoms. The van der Waals surface area contributed by atoms with E-state index in [4.69, 9.17) is 5.73 Å². The maximum absolute atomic E-state index is 12.0. The molecule has 1 aromatic heterocycles. The number of rotatable bonds is 10. The van der Waals surface area contributed by atoms with Gasteiger partial charge in [-0.25, -0.2) is 0 Å². The van der Waals surface area contributed by atoms with Gasteiger partial charge >= 0.3 is 0 Å². The topological polar surface area (TPSA) is 89.2 Å². The van der Waals surface area contributed by atoms with Crippen molar-refractivity contribution in [3.8, 4) is 0 Å². The Labute approximate surface area is 135 Å². The van der Waals surface area contributed by atoms with E-state index in [9.17, 15) is 9.59 Å². The molecule has 9 heteroatoms. The fourth-order valence-electron chi connectivity index (χ4n) is 1.25. The number of thioether (sulfide) groups is 2. The smallest absolute Gasteiger partial charge is 0.233 e. The molecule has 1 heterocycles. The summed E-state index contributed by atoms with van der Waals surface area (Å²) in [6.45, 7) is 8.23. The van der Waals surface area contributed by atoms with Crippen molar-refractivity contribution in [1.82, 2.24) is 15.1 Å². The van der Waals surface area contributed by atoms with Crippen LogP contribution in [0, 0.1) is 0 Å². The minimum absolute atomic E-state index is 0.0126. The van der Waals surface area contributed by atoms with Gasteiger partial charge in [0.2, 0.25) is 11.8 Å². The maximum atomic E-state index is 12.0. The van der Waals surface area contributed by atoms with Crippen molar-refractivity contribution in [1.29, 1.82) is 0 Å². The third-order valence-corrected chi connectivity index (χ3v) is 5.29. The first-order chi connectivity index (χ1) is 10.1. The lowest BCUT2D eigenvalue weighted by atomic mass is 10.4. The molecule has 0 fully saturated rings. The van der Waals surface area contributed by atoms with Gasteiger partial charge in [0.05, 0.1) is 11.5 Å². The largest absolute Gasteiger partial charge is 0.369 e. The zero-order valence-electron chi connectivity index (χ0n) is 11.4. The first-order valence-electron chi connectivity index (χ1n) is 5.93. The van der Waals surface area contributed by atoms with Gasteiger partial charge in [-0.1, -0.05) is 47.0 Å². The quantitative estimate of drug-likeness (QED) is 0.510. The molecule has 1 aromatic rings. The van der Waals surface area contributed by atoms with Gasteiger partial charge in [0.15, 0.2) is 8.68 Å². The second-order valence-corrected chi connectivity index (χ2v) is 7.18. The highest BCUT2D eigenvalue weighted by molar-refractivity contribution is 8.03. The van der Waals surface area contributed by atoms with Crippen molar-refractivity contribution in [2.24, 2.45) is 5.73 Å². The lowest BCUT2D eigenvalue weighted by Gasteiger charge is -2.18. The summed E-state index contributed by atoms with van der Waals surface area (Å²) >= 11 is 3.90. The minimum Gasteiger partial charge on any atom is -0.369 e. The number of nitrogens with zero attached hydrogens (tertiary/aromatic N) is 3. The highest BCUT2D eigenvalue weighted by Gasteiger charge is 2.13. The van der Waals surface area contributed by atoms with Crippen molar-refractivity contribution < 1.29 is 9.59 Å². The number of nitrogens with two attached hydrogens (primary N) is 1. The summed E-state index contributed by atoms with van der Waals surface area (Å²) in [4.78, 5) is 24.3. The zero-order chi connectivity index (χ0) is 15.7. The molecule has 0 saturated carbocycles. The third-order valence-electron chi connectivity index (χ3n) is 2.10. The van der Waals surface area contributed by atoms with Gasteiger partial charge < -0.3 is 10.6 Å². The van der Waals surface area contributed by atoms with Crippen molar-refractivity contribution >= 4 is 46.7 Å². The van der Waals surface area contributed by atoms with Gasteiger partial charge in [0.25, 0.3) is 0 Å². The Morgan fingerprint density at radius 2 is 1.67 bits per heavy atom. The van der Waals surface area contributed by atoms with Crippen LogP contribution < -0.4 is 5.73 Å². The number of primary amides is 1. The van der Waals surface area contributed by atoms with Crippen molar-refractivity contribution in [2.45, 2.75) is 8.68 Å². The average Bonchev–Trinajstić information content (AvgIpc) is 2.90. The molecule has 0 bridgehead atoms. The Hall–Kier alpha value is -1.32. The van der Waals surface area contributed by atoms with Crippen LogP contribution in [-0.2, 0) is 9.59 Å². The summed E-state index contributed by atoms with van der Waals surface area (Å²) in [6, 6.07) is 0. The van der Waals surface area contributed by atoms with Crippen molar-refractivity contribution in [3.63, 3.8) is 0 Å². The van der Waals surface area contributed by atoms with E-state index in [1.54, 1.807) is 17.1 Å². The van der Waals surface area contributed by atoms with Crippen molar-refractivity contribution in [2.75, 3.05) is 24.6 Å². The van der Waals surface area contributed by atoms with Crippen LogP contribution in [0.1, 0.15) is 0 Å². The van der Waals surface area contributed by atoms with Crippen LogP contribution in [0.4, 0.5) is 0 Å². The molecular formula is C12H16N4O2S3. The first kappa shape index (κ1) is 17.7. The Balaban J connectivity index is 2.46. The molecule has 0 atom stereocenters. The number of carbonyl (C=O) groups is 2. The molecule has 0 aromatic carbocycles. The predicted molar refractivity (Wildman–Crippen MR) is 87.5 cm³/mol. The first-order valence-corrected chi connectivity index (χ1v) is 8.72. The fourth-order valence-corrected chi connectivity index (χ4v) is 3.91. The molecule has 0 radical (unpaired) electrons. The van der Waals surface area contributed by atoms with E-state index in [1.807, 2.05) is 0 Å². The van der Waals surface area contributed by atoms with Gasteiger partial charge in [0, 0.05) is 13.1 Å². The Bertz CT molecular complexity index is 508. The summed E-state index contributed by atoms with van der Waals surface area (Å²) < 4.78 is 1.35. The molecule has 21 heavy (non-hydrogen) atoms. The normalized spacial score (nSPS) is 10.1. The van der Waals surface area contributed by atoms with Crippen LogP contribution in [0.2, 0.25) is 0 Å². The van der Waals surface area contributed by atoms with E-state index in [0.717, 1.165) is 0 Å². The summed E-state index contributed by atoms with van der Waals surface area (Å²) in [7, 11) is 0. The van der Waals surface area contributed by atoms with Crippen LogP contribution in [0.5, 0.6) is 0 Å². The molecule has 6 nitrogen and oxygen atoms in total. The summed E-state index contributed by atoms with van der Waals surface area (Å²) in [5.74, 6) is 0.0343. The van der Waals surface area contributed by atoms with Crippen LogP contribution in [0.15, 0.2) is 34.0 Å². The molecule has 0 aliphatic carbocycles. The number of aromatic nitrogens is 2. The molecule has 1 rings (SSSR count). The molecule has 2 amide bonds. The second kappa shape index (κ2) is 9.59. The van der Waals surface area contributed by atoms with Gasteiger partial charge in [0.1, 0.15) is 0 Å². The van der Waals surface area contributed by atoms with Gasteiger partial charge in [-0.15, -0.1) is 23.4 Å². The predicted octanol–water partition coefficient (Wildman–Crippen LogP) is 1.41. The summed E-state index contributed by atoms with van der Waals surface area (Å²) in [5.41, 5.74) is 5.06. The highest BCUT2D eigenvalue weighted by Crippen LogP contribution is 2.28. The lowest BCUT2D eigenvalue weighted by molar-refractivity contribution is -0.127. The van der Waals surface area contributed by atoms with Crippen LogP contribution in [0.3, 0.4) is 0 Å². The number of hydrogen-bond donors (Lipinski definition) is 1. The van der Waals surface area contributed by atoms with E-state index in [-0.39, 0.29) is 17.4 Å². The SMILES string of the molecule is C=CCN(CC=C)C(=O)CSc1nnc(SCC(N)=O)s1. The van der Waals surface area contributed by atoms with Crippen molar-refractivity contribution in [3.05, 3.63) is 25.3 Å². The highest BCUT2D eigenvalue weighted by atomic mass is 32.2. The van der Waals surface area contributed by atoms with Crippen LogP contribution >= 0.6 is 34.9 Å². The van der Waals surface area contributed by atoms with E-state index in [2.05, 4.69) is 23.4 Å². The van der Waals surface area contributed by atoms with E-state index < -0.39 is 5.91 Å². The Morgan fingerprint density at radius 1 is 1.14 bits per heavy atom. The van der Waals surface area contributed by atoms with Gasteiger partial charge in [-0.05, 0) is 0 Å². The average molecular weight is 344 g/mol. The van der Waals surface area contributed by atoms with Gasteiger partial charge in [-0.2, -0.15) is 0 Å². The monoisotopic (exact) mass is 344 g/mol. The second-order valence-electron chi connectivity index (χ2n) is 3.75. The summed E-state index contributed by atoms with van der Waals surface area (Å²) in [5, 5.41) is 7.89. The lowest BCUT2D eigenvalue weighted by Crippen LogP contribution is -2.32. The van der Waals surface area contributed by atoms with E-state index in [1.165, 1.54) is 34.9 Å². The molecule has 2 N–H and O–H groups in total. The maximum Gasteiger partial charge on any atom is 0.233 e. The number of carbonyl (C=O) groups excluding carboxylic acids is 2. The summed E-state index contributed by atoms with van der Waals surface area (Å²) in [6.07, 6.45) is 3.35. The van der Waals surface area contributed by atoms with Crippen LogP contribution in [-0.4, -0.2) is 51.5 Å². The van der Waals surface area contributed by atoms with Gasteiger partial charge in [-0.3, -0.25) is 9.59 Å². The molecule has 0 aliphatic rings. The molecule has 114 valence electrons. The minimum atomic E-state index is -0.399. The standard InChI is InChI=1S/C12H16N4O2S3/c1-3-5-16(6-4-2)10(18)8-20-12-15-14-11(21-12)19-7-9(13)17/h3-4H,1-2,5-8H2,(H2,13,17). The van der Waals surface area contributed by atoms with Crippen LogP contribution in [0.25, 0.3) is 0 Å². The molecule has 0 unspecified atom stereocenters. The van der Waals surface area contributed by atoms with E-state index >= 15 is 0 Å². The Kier molecular flexibility index (Phi) is 8.09. The number of hydrogen-bond acceptors (Lipinski definition) is 7. The number of amides is 2. The van der Waals surface area contributed by atoms with E-state index in [0.29, 0.717) is 21.8 Å².